The fraction of sp³-hybridized carbons (Fsp3) is 0.667. The maximum Gasteiger partial charge on any atom is 0.224 e. The van der Waals surface area contributed by atoms with Gasteiger partial charge in [0.15, 0.2) is 0 Å². The van der Waals surface area contributed by atoms with Gasteiger partial charge in [-0.15, -0.1) is 0 Å². The Bertz CT molecular complexity index is 379. The minimum Gasteiger partial charge on any atom is -0.357 e. The van der Waals surface area contributed by atoms with Gasteiger partial charge in [0.2, 0.25) is 5.95 Å². The van der Waals surface area contributed by atoms with E-state index in [2.05, 4.69) is 38.2 Å². The second kappa shape index (κ2) is 5.31. The van der Waals surface area contributed by atoms with Crippen LogP contribution in [0.4, 0.5) is 11.8 Å². The van der Waals surface area contributed by atoms with Gasteiger partial charge in [-0.1, -0.05) is 0 Å². The second-order valence-electron chi connectivity index (χ2n) is 4.59. The highest BCUT2D eigenvalue weighted by atomic mass is 15.3. The Morgan fingerprint density at radius 3 is 2.76 bits per heavy atom. The monoisotopic (exact) mass is 235 g/mol. The van der Waals surface area contributed by atoms with Crippen LogP contribution in [0.5, 0.6) is 0 Å². The molecule has 0 radical (unpaired) electrons. The fourth-order valence-electron chi connectivity index (χ4n) is 2.10. The molecule has 1 fully saturated rings. The van der Waals surface area contributed by atoms with Crippen molar-refractivity contribution in [2.75, 3.05) is 50.5 Å². The maximum absolute atomic E-state index is 4.53. The Morgan fingerprint density at radius 2 is 2.00 bits per heavy atom. The quantitative estimate of drug-likeness (QED) is 0.827. The molecule has 2 heterocycles. The molecule has 94 valence electrons. The minimum atomic E-state index is 0.706. The van der Waals surface area contributed by atoms with E-state index in [9.17, 15) is 0 Å². The molecule has 0 bridgehead atoms. The zero-order valence-corrected chi connectivity index (χ0v) is 10.9. The number of anilines is 2. The van der Waals surface area contributed by atoms with Crippen LogP contribution in [0, 0.1) is 6.92 Å². The van der Waals surface area contributed by atoms with Crippen LogP contribution in [0.1, 0.15) is 12.1 Å². The number of hydrogen-bond acceptors (Lipinski definition) is 5. The van der Waals surface area contributed by atoms with Gasteiger partial charge in [0.25, 0.3) is 0 Å². The van der Waals surface area contributed by atoms with Crippen LogP contribution in [-0.2, 0) is 0 Å². The van der Waals surface area contributed by atoms with Crippen molar-refractivity contribution in [1.29, 1.82) is 0 Å². The molecule has 1 aromatic heterocycles. The van der Waals surface area contributed by atoms with Crippen molar-refractivity contribution in [3.63, 3.8) is 0 Å². The summed E-state index contributed by atoms with van der Waals surface area (Å²) >= 11 is 0. The van der Waals surface area contributed by atoms with E-state index in [-0.39, 0.29) is 0 Å². The van der Waals surface area contributed by atoms with E-state index in [1.54, 1.807) is 0 Å². The lowest BCUT2D eigenvalue weighted by molar-refractivity contribution is 0.360. The third-order valence-electron chi connectivity index (χ3n) is 3.11. The first-order valence-electron chi connectivity index (χ1n) is 6.16. The number of rotatable bonds is 2. The number of nitrogens with zero attached hydrogens (tertiary/aromatic N) is 4. The average Bonchev–Trinajstić information content (AvgIpc) is 2.53. The minimum absolute atomic E-state index is 0.706. The lowest BCUT2D eigenvalue weighted by Crippen LogP contribution is -2.29. The highest BCUT2D eigenvalue weighted by Crippen LogP contribution is 2.16. The molecule has 0 atom stereocenters. The molecule has 5 heteroatoms. The fourth-order valence-corrected chi connectivity index (χ4v) is 2.10. The van der Waals surface area contributed by atoms with Crippen LogP contribution in [-0.4, -0.2) is 55.1 Å². The summed E-state index contributed by atoms with van der Waals surface area (Å²) in [4.78, 5) is 13.6. The van der Waals surface area contributed by atoms with E-state index < -0.39 is 0 Å². The van der Waals surface area contributed by atoms with Gasteiger partial charge in [0.1, 0.15) is 5.82 Å². The number of nitrogens with one attached hydrogen (secondary N) is 1. The van der Waals surface area contributed by atoms with E-state index >= 15 is 0 Å². The number of aromatic nitrogens is 2. The Balaban J connectivity index is 2.17. The average molecular weight is 235 g/mol. The van der Waals surface area contributed by atoms with Crippen LogP contribution < -0.4 is 10.2 Å². The number of hydrogen-bond donors (Lipinski definition) is 1. The Hall–Kier alpha value is -1.36. The Labute approximate surface area is 103 Å². The topological polar surface area (TPSA) is 44.3 Å². The molecule has 0 aliphatic carbocycles. The van der Waals surface area contributed by atoms with Gasteiger partial charge >= 0.3 is 0 Å². The first kappa shape index (κ1) is 12.1. The Kier molecular flexibility index (Phi) is 3.78. The molecular weight excluding hydrogens is 214 g/mol. The second-order valence-corrected chi connectivity index (χ2v) is 4.59. The third kappa shape index (κ3) is 3.06. The molecule has 1 aliphatic heterocycles. The van der Waals surface area contributed by atoms with Crippen molar-refractivity contribution in [3.05, 3.63) is 11.8 Å². The predicted octanol–water partition coefficient (Wildman–Crippen LogP) is 0.969. The van der Waals surface area contributed by atoms with Gasteiger partial charge < -0.3 is 15.1 Å². The SMILES string of the molecule is CNc1nc(C)cc(N2CCCN(C)CC2)n1. The normalized spacial score (nSPS) is 17.9. The zero-order chi connectivity index (χ0) is 12.3. The summed E-state index contributed by atoms with van der Waals surface area (Å²) in [7, 11) is 4.03. The molecule has 5 nitrogen and oxygen atoms in total. The van der Waals surface area contributed by atoms with E-state index in [1.165, 1.54) is 13.0 Å². The third-order valence-corrected chi connectivity index (χ3v) is 3.11. The van der Waals surface area contributed by atoms with Crippen molar-refractivity contribution in [1.82, 2.24) is 14.9 Å². The van der Waals surface area contributed by atoms with Crippen molar-refractivity contribution >= 4 is 11.8 Å². The Morgan fingerprint density at radius 1 is 1.18 bits per heavy atom. The molecule has 17 heavy (non-hydrogen) atoms. The lowest BCUT2D eigenvalue weighted by Gasteiger charge is -2.22. The van der Waals surface area contributed by atoms with Gasteiger partial charge in [0.05, 0.1) is 0 Å². The maximum atomic E-state index is 4.53. The molecule has 1 aliphatic rings. The van der Waals surface area contributed by atoms with E-state index in [0.29, 0.717) is 5.95 Å². The molecular formula is C12H21N5. The smallest absolute Gasteiger partial charge is 0.224 e. The van der Waals surface area contributed by atoms with E-state index in [1.807, 2.05) is 14.0 Å². The number of likely N-dealkylation sites (N-methyl/N-ethyl adjacent to an activating group) is 1. The molecule has 1 aromatic rings. The van der Waals surface area contributed by atoms with E-state index in [0.717, 1.165) is 31.1 Å². The summed E-state index contributed by atoms with van der Waals surface area (Å²) < 4.78 is 0. The van der Waals surface area contributed by atoms with Crippen LogP contribution in [0.2, 0.25) is 0 Å². The first-order chi connectivity index (χ1) is 8.19. The standard InChI is InChI=1S/C12H21N5/c1-10-9-11(15-12(13-2)14-10)17-6-4-5-16(3)7-8-17/h9H,4-8H2,1-3H3,(H,13,14,15). The summed E-state index contributed by atoms with van der Waals surface area (Å²) in [6.45, 7) is 6.38. The molecule has 0 spiro atoms. The highest BCUT2D eigenvalue weighted by molar-refractivity contribution is 5.44. The molecule has 0 saturated carbocycles. The zero-order valence-electron chi connectivity index (χ0n) is 10.9. The van der Waals surface area contributed by atoms with Gasteiger partial charge in [-0.3, -0.25) is 0 Å². The first-order valence-corrected chi connectivity index (χ1v) is 6.16. The molecule has 0 aromatic carbocycles. The summed E-state index contributed by atoms with van der Waals surface area (Å²) in [5.41, 5.74) is 1.01. The van der Waals surface area contributed by atoms with Crippen molar-refractivity contribution in [3.8, 4) is 0 Å². The summed E-state index contributed by atoms with van der Waals surface area (Å²) in [6, 6.07) is 2.06. The van der Waals surface area contributed by atoms with Gasteiger partial charge in [0, 0.05) is 38.4 Å². The predicted molar refractivity (Wildman–Crippen MR) is 70.6 cm³/mol. The van der Waals surface area contributed by atoms with Crippen molar-refractivity contribution in [2.45, 2.75) is 13.3 Å². The molecule has 1 N–H and O–H groups in total. The van der Waals surface area contributed by atoms with Gasteiger partial charge in [-0.2, -0.15) is 4.98 Å². The number of aryl methyl sites for hydroxylation is 1. The molecule has 1 saturated heterocycles. The van der Waals surface area contributed by atoms with Crippen molar-refractivity contribution in [2.24, 2.45) is 0 Å². The largest absolute Gasteiger partial charge is 0.357 e. The van der Waals surface area contributed by atoms with Crippen LogP contribution in [0.15, 0.2) is 6.07 Å². The van der Waals surface area contributed by atoms with Gasteiger partial charge in [-0.05, 0) is 26.9 Å². The summed E-state index contributed by atoms with van der Waals surface area (Å²) in [5, 5.41) is 3.01. The van der Waals surface area contributed by atoms with Crippen LogP contribution in [0.25, 0.3) is 0 Å². The highest BCUT2D eigenvalue weighted by Gasteiger charge is 2.14. The van der Waals surface area contributed by atoms with E-state index in [4.69, 9.17) is 0 Å². The van der Waals surface area contributed by atoms with Crippen LogP contribution >= 0.6 is 0 Å². The lowest BCUT2D eigenvalue weighted by atomic mass is 10.3. The van der Waals surface area contributed by atoms with Crippen LogP contribution in [0.3, 0.4) is 0 Å². The molecule has 0 amide bonds. The molecule has 2 rings (SSSR count). The van der Waals surface area contributed by atoms with Gasteiger partial charge in [-0.25, -0.2) is 4.98 Å². The van der Waals surface area contributed by atoms with Crippen molar-refractivity contribution < 1.29 is 0 Å². The molecule has 0 unspecified atom stereocenters. The summed E-state index contributed by atoms with van der Waals surface area (Å²) in [5.74, 6) is 1.75. The summed E-state index contributed by atoms with van der Waals surface area (Å²) in [6.07, 6.45) is 1.19.